The Kier molecular flexibility index (Phi) is 4.51. The van der Waals surface area contributed by atoms with Crippen LogP contribution in [0.4, 0.5) is 5.69 Å². The molecule has 20 heavy (non-hydrogen) atoms. The van der Waals surface area contributed by atoms with Gasteiger partial charge in [0.05, 0.1) is 18.3 Å². The van der Waals surface area contributed by atoms with Crippen molar-refractivity contribution >= 4 is 39.3 Å². The summed E-state index contributed by atoms with van der Waals surface area (Å²) in [6.07, 6.45) is 0. The zero-order chi connectivity index (χ0) is 14.7. The van der Waals surface area contributed by atoms with E-state index in [4.69, 9.17) is 0 Å². The van der Waals surface area contributed by atoms with Gasteiger partial charge in [0.1, 0.15) is 6.54 Å². The number of carbonyl (C=O) groups is 3. The fourth-order valence-corrected chi connectivity index (χ4v) is 2.23. The first kappa shape index (κ1) is 14.7. The van der Waals surface area contributed by atoms with Gasteiger partial charge in [-0.3, -0.25) is 24.6 Å². The summed E-state index contributed by atoms with van der Waals surface area (Å²) in [7, 11) is 0. The largest absolute Gasteiger partial charge is 0.324 e. The minimum absolute atomic E-state index is 0.0647. The Labute approximate surface area is 124 Å². The zero-order valence-electron chi connectivity index (χ0n) is 10.9. The van der Waals surface area contributed by atoms with Crippen molar-refractivity contribution in [1.29, 1.82) is 0 Å². The average molecular weight is 340 g/mol. The summed E-state index contributed by atoms with van der Waals surface area (Å²) in [5, 5.41) is 5.42. The molecule has 3 amide bonds. The van der Waals surface area contributed by atoms with Crippen LogP contribution in [0.5, 0.6) is 0 Å². The van der Waals surface area contributed by atoms with Crippen molar-refractivity contribution in [3.63, 3.8) is 0 Å². The van der Waals surface area contributed by atoms with Gasteiger partial charge in [-0.05, 0) is 35.0 Å². The van der Waals surface area contributed by atoms with Gasteiger partial charge in [-0.1, -0.05) is 12.1 Å². The summed E-state index contributed by atoms with van der Waals surface area (Å²) < 4.78 is 0.736. The first-order valence-corrected chi connectivity index (χ1v) is 6.90. The lowest BCUT2D eigenvalue weighted by atomic mass is 10.2. The Balaban J connectivity index is 2.02. The molecule has 0 aliphatic carbocycles. The topological polar surface area (TPSA) is 78.5 Å². The quantitative estimate of drug-likeness (QED) is 0.796. The second-order valence-electron chi connectivity index (χ2n) is 4.45. The maximum absolute atomic E-state index is 11.9. The minimum atomic E-state index is -0.455. The summed E-state index contributed by atoms with van der Waals surface area (Å²) in [5.41, 5.74) is 0.598. The van der Waals surface area contributed by atoms with Crippen LogP contribution in [0.15, 0.2) is 28.7 Å². The Morgan fingerprint density at radius 2 is 2.15 bits per heavy atom. The highest BCUT2D eigenvalue weighted by Crippen LogP contribution is 2.21. The molecule has 0 saturated carbocycles. The highest BCUT2D eigenvalue weighted by Gasteiger charge is 2.32. The Morgan fingerprint density at radius 1 is 1.45 bits per heavy atom. The molecule has 2 rings (SSSR count). The van der Waals surface area contributed by atoms with Crippen LogP contribution < -0.4 is 10.6 Å². The molecule has 1 aliphatic rings. The molecule has 1 saturated heterocycles. The van der Waals surface area contributed by atoms with E-state index < -0.39 is 17.9 Å². The second kappa shape index (κ2) is 6.15. The molecular weight excluding hydrogens is 326 g/mol. The van der Waals surface area contributed by atoms with Crippen molar-refractivity contribution in [3.05, 3.63) is 28.7 Å². The molecule has 1 unspecified atom stereocenters. The first-order chi connectivity index (χ1) is 9.49. The summed E-state index contributed by atoms with van der Waals surface area (Å²) >= 11 is 3.31. The van der Waals surface area contributed by atoms with Gasteiger partial charge in [-0.15, -0.1) is 0 Å². The lowest BCUT2D eigenvalue weighted by Crippen LogP contribution is -2.58. The van der Waals surface area contributed by atoms with Gasteiger partial charge in [-0.25, -0.2) is 0 Å². The normalized spacial score (nSPS) is 19.1. The van der Waals surface area contributed by atoms with E-state index in [1.54, 1.807) is 25.1 Å². The summed E-state index contributed by atoms with van der Waals surface area (Å²) in [6.45, 7) is 1.45. The highest BCUT2D eigenvalue weighted by atomic mass is 79.9. The van der Waals surface area contributed by atoms with E-state index in [0.717, 1.165) is 9.37 Å². The third kappa shape index (κ3) is 3.23. The number of anilines is 1. The van der Waals surface area contributed by atoms with Crippen molar-refractivity contribution < 1.29 is 14.4 Å². The number of halogens is 1. The summed E-state index contributed by atoms with van der Waals surface area (Å²) in [4.78, 5) is 36.4. The van der Waals surface area contributed by atoms with E-state index in [9.17, 15) is 14.4 Å². The molecule has 1 aromatic rings. The van der Waals surface area contributed by atoms with Crippen LogP contribution in [0.2, 0.25) is 0 Å². The minimum Gasteiger partial charge on any atom is -0.324 e. The van der Waals surface area contributed by atoms with E-state index in [-0.39, 0.29) is 19.0 Å². The number of carbonyl (C=O) groups excluding carboxylic acids is 3. The molecule has 1 aromatic carbocycles. The molecule has 1 heterocycles. The number of rotatable bonds is 3. The van der Waals surface area contributed by atoms with Gasteiger partial charge in [0.25, 0.3) is 0 Å². The molecule has 1 atom stereocenters. The van der Waals surface area contributed by atoms with Gasteiger partial charge in [0.15, 0.2) is 0 Å². The molecule has 106 valence electrons. The summed E-state index contributed by atoms with van der Waals surface area (Å²) in [5.74, 6) is -1.19. The molecule has 0 aromatic heterocycles. The lowest BCUT2D eigenvalue weighted by molar-refractivity contribution is -0.150. The van der Waals surface area contributed by atoms with Crippen molar-refractivity contribution in [2.24, 2.45) is 0 Å². The first-order valence-electron chi connectivity index (χ1n) is 6.11. The number of amides is 3. The highest BCUT2D eigenvalue weighted by molar-refractivity contribution is 9.10. The molecule has 1 fully saturated rings. The number of hydrogen-bond acceptors (Lipinski definition) is 4. The molecule has 0 spiro atoms. The number of benzene rings is 1. The smallest absolute Gasteiger partial charge is 0.246 e. The van der Waals surface area contributed by atoms with Crippen molar-refractivity contribution in [2.45, 2.75) is 13.0 Å². The Morgan fingerprint density at radius 3 is 2.85 bits per heavy atom. The van der Waals surface area contributed by atoms with E-state index in [2.05, 4.69) is 26.6 Å². The summed E-state index contributed by atoms with van der Waals surface area (Å²) in [6, 6.07) is 6.67. The van der Waals surface area contributed by atoms with Crippen LogP contribution in [0.1, 0.15) is 6.92 Å². The van der Waals surface area contributed by atoms with Crippen molar-refractivity contribution in [2.75, 3.05) is 18.4 Å². The monoisotopic (exact) mass is 339 g/mol. The van der Waals surface area contributed by atoms with E-state index in [0.29, 0.717) is 5.69 Å². The van der Waals surface area contributed by atoms with Crippen molar-refractivity contribution in [1.82, 2.24) is 10.2 Å². The van der Waals surface area contributed by atoms with E-state index >= 15 is 0 Å². The van der Waals surface area contributed by atoms with E-state index in [1.165, 1.54) is 0 Å². The van der Waals surface area contributed by atoms with Crippen LogP contribution in [0, 0.1) is 0 Å². The van der Waals surface area contributed by atoms with Crippen LogP contribution in [-0.4, -0.2) is 41.8 Å². The van der Waals surface area contributed by atoms with Gasteiger partial charge < -0.3 is 5.32 Å². The average Bonchev–Trinajstić information content (AvgIpc) is 2.42. The fraction of sp³-hybridized carbons (Fsp3) is 0.308. The third-order valence-electron chi connectivity index (χ3n) is 2.95. The Bertz CT molecular complexity index is 562. The van der Waals surface area contributed by atoms with Crippen LogP contribution >= 0.6 is 15.9 Å². The van der Waals surface area contributed by atoms with Gasteiger partial charge in [0.2, 0.25) is 17.7 Å². The standard InChI is InChI=1S/C13H14BrN3O3/c1-8-13(20)17(12(19)6-15-8)7-11(18)16-10-5-3-2-4-9(10)14/h2-5,8,15H,6-7H2,1H3,(H,16,18). The van der Waals surface area contributed by atoms with Crippen LogP contribution in [0.25, 0.3) is 0 Å². The molecule has 0 bridgehead atoms. The zero-order valence-corrected chi connectivity index (χ0v) is 12.4. The number of para-hydroxylation sites is 1. The van der Waals surface area contributed by atoms with Crippen LogP contribution in [-0.2, 0) is 14.4 Å². The Hall–Kier alpha value is -1.73. The molecular formula is C13H14BrN3O3. The van der Waals surface area contributed by atoms with Crippen molar-refractivity contribution in [3.8, 4) is 0 Å². The van der Waals surface area contributed by atoms with Gasteiger partial charge in [-0.2, -0.15) is 0 Å². The maximum Gasteiger partial charge on any atom is 0.246 e. The number of nitrogens with one attached hydrogen (secondary N) is 2. The molecule has 7 heteroatoms. The molecule has 1 aliphatic heterocycles. The lowest BCUT2D eigenvalue weighted by Gasteiger charge is -2.29. The molecule has 0 radical (unpaired) electrons. The number of hydrogen-bond donors (Lipinski definition) is 2. The second-order valence-corrected chi connectivity index (χ2v) is 5.30. The number of piperazine rings is 1. The SMILES string of the molecule is CC1NCC(=O)N(CC(=O)Nc2ccccc2Br)C1=O. The molecule has 2 N–H and O–H groups in total. The predicted octanol–water partition coefficient (Wildman–Crippen LogP) is 0.734. The predicted molar refractivity (Wildman–Crippen MR) is 77.0 cm³/mol. The number of imide groups is 1. The third-order valence-corrected chi connectivity index (χ3v) is 3.64. The maximum atomic E-state index is 11.9. The number of nitrogens with zero attached hydrogens (tertiary/aromatic N) is 1. The van der Waals surface area contributed by atoms with E-state index in [1.807, 2.05) is 6.07 Å². The molecule has 6 nitrogen and oxygen atoms in total. The van der Waals surface area contributed by atoms with Gasteiger partial charge in [0, 0.05) is 4.47 Å². The van der Waals surface area contributed by atoms with Crippen LogP contribution in [0.3, 0.4) is 0 Å². The fourth-order valence-electron chi connectivity index (χ4n) is 1.84. The van der Waals surface area contributed by atoms with Gasteiger partial charge >= 0.3 is 0 Å².